The molecule has 1 heterocycles. The number of hydrogen-bond acceptors (Lipinski definition) is 4. The van der Waals surface area contributed by atoms with Crippen LogP contribution in [0.3, 0.4) is 0 Å². The van der Waals surface area contributed by atoms with E-state index in [0.717, 1.165) is 5.56 Å². The van der Waals surface area contributed by atoms with Crippen molar-refractivity contribution < 1.29 is 18.5 Å². The highest BCUT2D eigenvalue weighted by Crippen LogP contribution is 2.21. The highest BCUT2D eigenvalue weighted by molar-refractivity contribution is 5.99. The molecule has 3 aromatic rings. The Morgan fingerprint density at radius 1 is 1.08 bits per heavy atom. The zero-order valence-corrected chi connectivity index (χ0v) is 14.0. The van der Waals surface area contributed by atoms with Gasteiger partial charge in [-0.15, -0.1) is 0 Å². The fourth-order valence-electron chi connectivity index (χ4n) is 2.38. The molecule has 0 atom stereocenters. The molecule has 0 fully saturated rings. The third-order valence-electron chi connectivity index (χ3n) is 3.62. The van der Waals surface area contributed by atoms with E-state index >= 15 is 0 Å². The average molecular weight is 353 g/mol. The summed E-state index contributed by atoms with van der Waals surface area (Å²) in [5.74, 6) is -1.03. The van der Waals surface area contributed by atoms with Crippen molar-refractivity contribution in [2.24, 2.45) is 0 Å². The standard InChI is InChI=1S/C19H16FN3O3/c1-12-9-17(23-26-12)22-18(24)11-21-19(25)15-10-14(7-8-16(15)20)13-5-3-2-4-6-13/h2-10H,11H2,1H3,(H,21,25)(H,22,23,24). The molecular formula is C19H16FN3O3. The van der Waals surface area contributed by atoms with Crippen LogP contribution in [0.4, 0.5) is 10.2 Å². The molecular weight excluding hydrogens is 337 g/mol. The van der Waals surface area contributed by atoms with Gasteiger partial charge < -0.3 is 15.2 Å². The quantitative estimate of drug-likeness (QED) is 0.738. The molecule has 26 heavy (non-hydrogen) atoms. The van der Waals surface area contributed by atoms with Crippen LogP contribution in [0.1, 0.15) is 16.1 Å². The van der Waals surface area contributed by atoms with Crippen LogP contribution in [0.25, 0.3) is 11.1 Å². The number of hydrogen-bond donors (Lipinski definition) is 2. The van der Waals surface area contributed by atoms with Crippen LogP contribution < -0.4 is 10.6 Å². The summed E-state index contributed by atoms with van der Waals surface area (Å²) in [7, 11) is 0. The number of carbonyl (C=O) groups is 2. The molecule has 0 spiro atoms. The van der Waals surface area contributed by atoms with Gasteiger partial charge in [-0.25, -0.2) is 4.39 Å². The van der Waals surface area contributed by atoms with E-state index in [-0.39, 0.29) is 17.9 Å². The van der Waals surface area contributed by atoms with E-state index in [1.165, 1.54) is 12.1 Å². The van der Waals surface area contributed by atoms with Crippen molar-refractivity contribution in [3.8, 4) is 11.1 Å². The van der Waals surface area contributed by atoms with Crippen LogP contribution in [0.15, 0.2) is 59.1 Å². The summed E-state index contributed by atoms with van der Waals surface area (Å²) in [6.07, 6.45) is 0. The van der Waals surface area contributed by atoms with Crippen LogP contribution in [-0.4, -0.2) is 23.5 Å². The van der Waals surface area contributed by atoms with E-state index in [1.807, 2.05) is 30.3 Å². The Morgan fingerprint density at radius 3 is 2.54 bits per heavy atom. The highest BCUT2D eigenvalue weighted by Gasteiger charge is 2.15. The minimum absolute atomic E-state index is 0.128. The Hall–Kier alpha value is -3.48. The van der Waals surface area contributed by atoms with Crippen LogP contribution in [-0.2, 0) is 4.79 Å². The molecule has 3 rings (SSSR count). The van der Waals surface area contributed by atoms with Gasteiger partial charge in [-0.2, -0.15) is 0 Å². The number of halogens is 1. The summed E-state index contributed by atoms with van der Waals surface area (Å²) in [6, 6.07) is 15.1. The molecule has 0 saturated heterocycles. The second kappa shape index (κ2) is 7.60. The van der Waals surface area contributed by atoms with Gasteiger partial charge in [-0.1, -0.05) is 41.6 Å². The van der Waals surface area contributed by atoms with Crippen molar-refractivity contribution in [3.63, 3.8) is 0 Å². The van der Waals surface area contributed by atoms with E-state index in [4.69, 9.17) is 4.52 Å². The number of aromatic nitrogens is 1. The lowest BCUT2D eigenvalue weighted by atomic mass is 10.0. The Morgan fingerprint density at radius 2 is 1.85 bits per heavy atom. The monoisotopic (exact) mass is 353 g/mol. The van der Waals surface area contributed by atoms with E-state index in [9.17, 15) is 14.0 Å². The Kier molecular flexibility index (Phi) is 5.07. The summed E-state index contributed by atoms with van der Waals surface area (Å²) in [5, 5.41) is 8.49. The lowest BCUT2D eigenvalue weighted by molar-refractivity contribution is -0.115. The van der Waals surface area contributed by atoms with Gasteiger partial charge in [0.1, 0.15) is 11.6 Å². The summed E-state index contributed by atoms with van der Waals surface area (Å²) in [6.45, 7) is 1.37. The SMILES string of the molecule is Cc1cc(NC(=O)CNC(=O)c2cc(-c3ccccc3)ccc2F)no1. The molecule has 2 amide bonds. The van der Waals surface area contributed by atoms with Crippen molar-refractivity contribution in [2.75, 3.05) is 11.9 Å². The van der Waals surface area contributed by atoms with E-state index in [1.54, 1.807) is 19.1 Å². The van der Waals surface area contributed by atoms with Crippen LogP contribution >= 0.6 is 0 Å². The smallest absolute Gasteiger partial charge is 0.254 e. The van der Waals surface area contributed by atoms with Crippen molar-refractivity contribution in [3.05, 3.63) is 71.7 Å². The molecule has 6 nitrogen and oxygen atoms in total. The molecule has 0 radical (unpaired) electrons. The average Bonchev–Trinajstić information content (AvgIpc) is 3.05. The van der Waals surface area contributed by atoms with E-state index in [2.05, 4.69) is 15.8 Å². The molecule has 2 N–H and O–H groups in total. The first-order valence-corrected chi connectivity index (χ1v) is 7.89. The molecule has 0 bridgehead atoms. The largest absolute Gasteiger partial charge is 0.360 e. The molecule has 0 aliphatic carbocycles. The second-order valence-electron chi connectivity index (χ2n) is 5.61. The van der Waals surface area contributed by atoms with Gasteiger partial charge in [0.05, 0.1) is 12.1 Å². The molecule has 2 aromatic carbocycles. The van der Waals surface area contributed by atoms with Crippen molar-refractivity contribution in [1.82, 2.24) is 10.5 Å². The Labute approximate surface area is 149 Å². The zero-order chi connectivity index (χ0) is 18.5. The number of rotatable bonds is 5. The van der Waals surface area contributed by atoms with E-state index in [0.29, 0.717) is 11.3 Å². The van der Waals surface area contributed by atoms with Gasteiger partial charge in [-0.05, 0) is 30.2 Å². The molecule has 0 aliphatic heterocycles. The zero-order valence-electron chi connectivity index (χ0n) is 14.0. The fraction of sp³-hybridized carbons (Fsp3) is 0.105. The predicted molar refractivity (Wildman–Crippen MR) is 94.0 cm³/mol. The number of amides is 2. The van der Waals surface area contributed by atoms with Crippen molar-refractivity contribution in [1.29, 1.82) is 0 Å². The summed E-state index contributed by atoms with van der Waals surface area (Å²) < 4.78 is 18.9. The number of nitrogens with zero attached hydrogens (tertiary/aromatic N) is 1. The van der Waals surface area contributed by atoms with Crippen LogP contribution in [0.5, 0.6) is 0 Å². The maximum absolute atomic E-state index is 14.0. The molecule has 1 aromatic heterocycles. The van der Waals surface area contributed by atoms with Gasteiger partial charge in [0, 0.05) is 6.07 Å². The number of aryl methyl sites for hydroxylation is 1. The molecule has 0 unspecified atom stereocenters. The first-order valence-electron chi connectivity index (χ1n) is 7.89. The maximum atomic E-state index is 14.0. The first kappa shape index (κ1) is 17.3. The molecule has 0 aliphatic rings. The van der Waals surface area contributed by atoms with Gasteiger partial charge in [0.15, 0.2) is 5.82 Å². The van der Waals surface area contributed by atoms with Crippen LogP contribution in [0.2, 0.25) is 0 Å². The van der Waals surface area contributed by atoms with Gasteiger partial charge in [0.2, 0.25) is 5.91 Å². The van der Waals surface area contributed by atoms with Crippen molar-refractivity contribution >= 4 is 17.6 Å². The molecule has 132 valence electrons. The second-order valence-corrected chi connectivity index (χ2v) is 5.61. The van der Waals surface area contributed by atoms with E-state index < -0.39 is 17.6 Å². The summed E-state index contributed by atoms with van der Waals surface area (Å²) in [4.78, 5) is 24.1. The van der Waals surface area contributed by atoms with Crippen molar-refractivity contribution in [2.45, 2.75) is 6.92 Å². The number of benzene rings is 2. The van der Waals surface area contributed by atoms with Crippen LogP contribution in [0, 0.1) is 12.7 Å². The number of nitrogens with one attached hydrogen (secondary N) is 2. The van der Waals surface area contributed by atoms with Gasteiger partial charge in [-0.3, -0.25) is 9.59 Å². The Bertz CT molecular complexity index is 938. The topological polar surface area (TPSA) is 84.2 Å². The first-order chi connectivity index (χ1) is 12.5. The minimum atomic E-state index is -0.674. The number of anilines is 1. The maximum Gasteiger partial charge on any atom is 0.254 e. The predicted octanol–water partition coefficient (Wildman–Crippen LogP) is 3.16. The lowest BCUT2D eigenvalue weighted by Gasteiger charge is -2.08. The summed E-state index contributed by atoms with van der Waals surface area (Å²) in [5.41, 5.74) is 1.44. The summed E-state index contributed by atoms with van der Waals surface area (Å²) >= 11 is 0. The molecule has 0 saturated carbocycles. The lowest BCUT2D eigenvalue weighted by Crippen LogP contribution is -2.33. The number of carbonyl (C=O) groups excluding carboxylic acids is 2. The third-order valence-corrected chi connectivity index (χ3v) is 3.62. The van der Waals surface area contributed by atoms with Gasteiger partial charge in [0.25, 0.3) is 5.91 Å². The minimum Gasteiger partial charge on any atom is -0.360 e. The normalized spacial score (nSPS) is 10.4. The fourth-order valence-corrected chi connectivity index (χ4v) is 2.38. The third kappa shape index (κ3) is 4.13. The Balaban J connectivity index is 1.66. The highest BCUT2D eigenvalue weighted by atomic mass is 19.1. The van der Waals surface area contributed by atoms with Gasteiger partial charge >= 0.3 is 0 Å². The molecule has 7 heteroatoms.